The van der Waals surface area contributed by atoms with Crippen LogP contribution >= 0.6 is 0 Å². The minimum atomic E-state index is 0. The van der Waals surface area contributed by atoms with Gasteiger partial charge in [0.15, 0.2) is 17.4 Å². The van der Waals surface area contributed by atoms with Crippen LogP contribution in [0.4, 0.5) is 0 Å². The van der Waals surface area contributed by atoms with Gasteiger partial charge in [0.05, 0.1) is 6.61 Å². The van der Waals surface area contributed by atoms with Crippen molar-refractivity contribution in [3.63, 3.8) is 0 Å². The maximum atomic E-state index is 9.63. The van der Waals surface area contributed by atoms with Crippen molar-refractivity contribution in [3.8, 4) is 0 Å². The van der Waals surface area contributed by atoms with Crippen LogP contribution < -0.4 is 0 Å². The molecule has 0 bridgehead atoms. The Morgan fingerprint density at radius 3 is 1.67 bits per heavy atom. The van der Waals surface area contributed by atoms with Gasteiger partial charge in [0.1, 0.15) is 0 Å². The SMILES string of the molecule is CC(C)C[O].[AlH3]. The Bertz CT molecular complexity index is 21.5. The van der Waals surface area contributed by atoms with Crippen LogP contribution in [0.3, 0.4) is 0 Å². The average Bonchev–Trinajstić information content (AvgIpc) is 1.38. The Morgan fingerprint density at radius 1 is 1.50 bits per heavy atom. The van der Waals surface area contributed by atoms with E-state index in [1.54, 1.807) is 0 Å². The summed E-state index contributed by atoms with van der Waals surface area (Å²) in [7, 11) is 0. The normalized spacial score (nSPS) is 8.00. The zero-order chi connectivity index (χ0) is 4.28. The van der Waals surface area contributed by atoms with E-state index in [1.807, 2.05) is 13.8 Å². The monoisotopic (exact) mass is 103 g/mol. The maximum absolute atomic E-state index is 9.63. The summed E-state index contributed by atoms with van der Waals surface area (Å²) in [5, 5.41) is 9.63. The van der Waals surface area contributed by atoms with E-state index in [4.69, 9.17) is 0 Å². The Hall–Kier alpha value is 0.492. The number of hydrogen-bond acceptors (Lipinski definition) is 0. The van der Waals surface area contributed by atoms with Crippen molar-refractivity contribution < 1.29 is 5.11 Å². The van der Waals surface area contributed by atoms with Crippen molar-refractivity contribution in [3.05, 3.63) is 0 Å². The number of hydrogen-bond donors (Lipinski definition) is 0. The van der Waals surface area contributed by atoms with E-state index in [0.29, 0.717) is 5.92 Å². The minimum Gasteiger partial charge on any atom is -0.236 e. The molecule has 0 N–H and O–H groups in total. The lowest BCUT2D eigenvalue weighted by atomic mass is 10.2. The fraction of sp³-hybridized carbons (Fsp3) is 1.00. The second-order valence-electron chi connectivity index (χ2n) is 1.56. The zero-order valence-electron chi connectivity index (χ0n) is 3.69. The highest BCUT2D eigenvalue weighted by atomic mass is 27.0. The molecule has 0 fully saturated rings. The fourth-order valence-electron chi connectivity index (χ4n) is 0. The first kappa shape index (κ1) is 9.70. The molecule has 0 spiro atoms. The van der Waals surface area contributed by atoms with Gasteiger partial charge >= 0.3 is 0 Å². The van der Waals surface area contributed by atoms with Crippen molar-refractivity contribution in [2.45, 2.75) is 13.8 Å². The van der Waals surface area contributed by atoms with Gasteiger partial charge in [-0.3, -0.25) is 0 Å². The Balaban J connectivity index is 0. The zero-order valence-corrected chi connectivity index (χ0v) is 3.69. The van der Waals surface area contributed by atoms with Crippen LogP contribution in [0.25, 0.3) is 0 Å². The van der Waals surface area contributed by atoms with Gasteiger partial charge in [-0.25, -0.2) is 5.11 Å². The standard InChI is InChI=1S/C4H9O.Al.3H/c1-4(2)3-5;;;;/h4H,3H2,1-2H3;;;;. The first-order valence-electron chi connectivity index (χ1n) is 1.85. The van der Waals surface area contributed by atoms with Crippen LogP contribution in [0.1, 0.15) is 13.8 Å². The molecule has 0 aromatic rings. The average molecular weight is 103 g/mol. The van der Waals surface area contributed by atoms with Crippen molar-refractivity contribution >= 4 is 17.4 Å². The molecule has 0 aromatic carbocycles. The van der Waals surface area contributed by atoms with Gasteiger partial charge in [-0.05, 0) is 5.92 Å². The second kappa shape index (κ2) is 5.49. The Morgan fingerprint density at radius 2 is 1.67 bits per heavy atom. The summed E-state index contributed by atoms with van der Waals surface area (Å²) in [6.45, 7) is 3.88. The second-order valence-corrected chi connectivity index (χ2v) is 1.56. The van der Waals surface area contributed by atoms with Gasteiger partial charge in [-0.1, -0.05) is 13.8 Å². The van der Waals surface area contributed by atoms with Crippen LogP contribution in [0.2, 0.25) is 0 Å². The van der Waals surface area contributed by atoms with Gasteiger partial charge in [0, 0.05) is 0 Å². The predicted molar refractivity (Wildman–Crippen MR) is 30.3 cm³/mol. The highest BCUT2D eigenvalue weighted by molar-refractivity contribution is 5.75. The molecule has 1 nitrogen and oxygen atoms in total. The molecule has 0 atom stereocenters. The van der Waals surface area contributed by atoms with Gasteiger partial charge in [-0.15, -0.1) is 0 Å². The molecule has 1 radical (unpaired) electrons. The molecular formula is C4H12AlO. The smallest absolute Gasteiger partial charge is 0.187 e. The van der Waals surface area contributed by atoms with Crippen molar-refractivity contribution in [2.24, 2.45) is 5.92 Å². The van der Waals surface area contributed by atoms with Crippen LogP contribution in [0.15, 0.2) is 0 Å². The molecule has 0 rings (SSSR count). The molecule has 0 aliphatic rings. The molecule has 37 valence electrons. The summed E-state index contributed by atoms with van der Waals surface area (Å²) in [5.74, 6) is 0.329. The van der Waals surface area contributed by atoms with E-state index < -0.39 is 0 Å². The first-order chi connectivity index (χ1) is 2.27. The molecule has 0 aliphatic carbocycles. The third-order valence-electron chi connectivity index (χ3n) is 0.333. The Kier molecular flexibility index (Phi) is 8.88. The topological polar surface area (TPSA) is 19.9 Å². The largest absolute Gasteiger partial charge is 0.236 e. The molecule has 0 aromatic heterocycles. The third kappa shape index (κ3) is 8.82. The van der Waals surface area contributed by atoms with Crippen molar-refractivity contribution in [1.82, 2.24) is 0 Å². The Labute approximate surface area is 49.5 Å². The van der Waals surface area contributed by atoms with E-state index in [2.05, 4.69) is 0 Å². The van der Waals surface area contributed by atoms with E-state index in [0.717, 1.165) is 0 Å². The first-order valence-corrected chi connectivity index (χ1v) is 1.85. The lowest BCUT2D eigenvalue weighted by molar-refractivity contribution is 0.158. The molecular weight excluding hydrogens is 91.0 g/mol. The summed E-state index contributed by atoms with van der Waals surface area (Å²) in [5.41, 5.74) is 0. The summed E-state index contributed by atoms with van der Waals surface area (Å²) in [6.07, 6.45) is 0. The predicted octanol–water partition coefficient (Wildman–Crippen LogP) is -0.111. The van der Waals surface area contributed by atoms with Gasteiger partial charge in [-0.2, -0.15) is 0 Å². The van der Waals surface area contributed by atoms with E-state index >= 15 is 0 Å². The molecule has 0 unspecified atom stereocenters. The summed E-state index contributed by atoms with van der Waals surface area (Å²) in [6, 6.07) is 0. The van der Waals surface area contributed by atoms with Crippen LogP contribution in [0, 0.1) is 5.92 Å². The van der Waals surface area contributed by atoms with E-state index in [1.165, 1.54) is 0 Å². The van der Waals surface area contributed by atoms with Crippen LogP contribution in [-0.4, -0.2) is 24.0 Å². The molecule has 6 heavy (non-hydrogen) atoms. The molecule has 0 amide bonds. The van der Waals surface area contributed by atoms with E-state index in [9.17, 15) is 5.11 Å². The minimum absolute atomic E-state index is 0. The van der Waals surface area contributed by atoms with E-state index in [-0.39, 0.29) is 24.0 Å². The molecule has 0 heterocycles. The highest BCUT2D eigenvalue weighted by Gasteiger charge is 1.83. The summed E-state index contributed by atoms with van der Waals surface area (Å²) < 4.78 is 0. The summed E-state index contributed by atoms with van der Waals surface area (Å²) in [4.78, 5) is 0. The lowest BCUT2D eigenvalue weighted by Gasteiger charge is -1.87. The number of rotatable bonds is 1. The van der Waals surface area contributed by atoms with Crippen LogP contribution in [-0.2, 0) is 5.11 Å². The molecule has 0 saturated carbocycles. The molecule has 0 saturated heterocycles. The fourth-order valence-corrected chi connectivity index (χ4v) is 0. The quantitative estimate of drug-likeness (QED) is 0.413. The van der Waals surface area contributed by atoms with Gasteiger partial charge in [0.2, 0.25) is 0 Å². The third-order valence-corrected chi connectivity index (χ3v) is 0.333. The van der Waals surface area contributed by atoms with Gasteiger partial charge < -0.3 is 0 Å². The van der Waals surface area contributed by atoms with Crippen molar-refractivity contribution in [1.29, 1.82) is 0 Å². The highest BCUT2D eigenvalue weighted by Crippen LogP contribution is 1.84. The van der Waals surface area contributed by atoms with Crippen LogP contribution in [0.5, 0.6) is 0 Å². The maximum Gasteiger partial charge on any atom is 0.187 e. The summed E-state index contributed by atoms with van der Waals surface area (Å²) >= 11 is 0. The molecule has 0 aliphatic heterocycles. The lowest BCUT2D eigenvalue weighted by Crippen LogP contribution is -1.88. The van der Waals surface area contributed by atoms with Crippen molar-refractivity contribution in [2.75, 3.05) is 6.61 Å². The molecule has 2 heteroatoms. The van der Waals surface area contributed by atoms with Gasteiger partial charge in [0.25, 0.3) is 0 Å².